The van der Waals surface area contributed by atoms with Crippen LogP contribution in [0.3, 0.4) is 0 Å². The van der Waals surface area contributed by atoms with E-state index in [1.54, 1.807) is 28.4 Å². The van der Waals surface area contributed by atoms with Crippen molar-refractivity contribution in [2.45, 2.75) is 84.5 Å². The quantitative estimate of drug-likeness (QED) is 0.0922. The number of carbonyl (C=O) groups excluding carboxylic acids is 4. The van der Waals surface area contributed by atoms with Crippen molar-refractivity contribution in [3.63, 3.8) is 0 Å². The van der Waals surface area contributed by atoms with Crippen molar-refractivity contribution in [1.82, 2.24) is 50.3 Å². The number of aromatic nitrogens is 6. The average Bonchev–Trinajstić information content (AvgIpc) is 4.03. The molecule has 0 spiro atoms. The fourth-order valence-corrected chi connectivity index (χ4v) is 7.14. The zero-order valence-corrected chi connectivity index (χ0v) is 33.9. The molecule has 306 valence electrons. The number of carbonyl (C=O) groups is 4. The summed E-state index contributed by atoms with van der Waals surface area (Å²) in [5.74, 6) is 0.875. The summed E-state index contributed by atoms with van der Waals surface area (Å²) in [6.45, 7) is 9.08. The van der Waals surface area contributed by atoms with E-state index < -0.39 is 24.3 Å². The first kappa shape index (κ1) is 41.3. The molecule has 0 aliphatic carbocycles. The number of unbranched alkanes of at least 4 members (excludes halogenated alkanes) is 1. The largest absolute Gasteiger partial charge is 0.453 e. The van der Waals surface area contributed by atoms with Gasteiger partial charge in [-0.25, -0.2) is 19.6 Å². The smallest absolute Gasteiger partial charge is 0.407 e. The summed E-state index contributed by atoms with van der Waals surface area (Å²) in [6, 6.07) is 12.2. The molecule has 4 heterocycles. The number of fused-ring (bicyclic) bond motifs is 1. The highest BCUT2D eigenvalue weighted by Crippen LogP contribution is 2.33. The number of alkyl carbamates (subject to hydrolysis) is 2. The minimum absolute atomic E-state index is 0.134. The third kappa shape index (κ3) is 9.44. The molecular formula is C42H52N10O6. The molecule has 5 aromatic rings. The van der Waals surface area contributed by atoms with Crippen LogP contribution < -0.4 is 10.6 Å². The lowest BCUT2D eigenvalue weighted by Crippen LogP contribution is -2.51. The predicted octanol–water partition coefficient (Wildman–Crippen LogP) is 6.38. The Hall–Kier alpha value is -6.32. The predicted molar refractivity (Wildman–Crippen MR) is 218 cm³/mol. The Bertz CT molecular complexity index is 2200. The second-order valence-electron chi connectivity index (χ2n) is 14.7. The lowest BCUT2D eigenvalue weighted by atomic mass is 10.0. The van der Waals surface area contributed by atoms with Crippen LogP contribution in [0.25, 0.3) is 44.8 Å². The Morgan fingerprint density at radius 1 is 0.879 bits per heavy atom. The molecule has 3 aromatic heterocycles. The van der Waals surface area contributed by atoms with Crippen LogP contribution in [0.2, 0.25) is 0 Å². The second-order valence-corrected chi connectivity index (χ2v) is 14.7. The third-order valence-corrected chi connectivity index (χ3v) is 10.4. The average molecular weight is 793 g/mol. The summed E-state index contributed by atoms with van der Waals surface area (Å²) in [5.41, 5.74) is 6.50. The monoisotopic (exact) mass is 792 g/mol. The number of likely N-dealkylation sites (tertiary alicyclic amines) is 1. The molecule has 58 heavy (non-hydrogen) atoms. The highest BCUT2D eigenvalue weighted by Gasteiger charge is 2.36. The van der Waals surface area contributed by atoms with Gasteiger partial charge in [-0.3, -0.25) is 19.6 Å². The van der Waals surface area contributed by atoms with Crippen molar-refractivity contribution in [3.8, 4) is 33.8 Å². The number of amides is 4. The molecule has 16 nitrogen and oxygen atoms in total. The number of aromatic amines is 2. The van der Waals surface area contributed by atoms with Crippen molar-refractivity contribution < 1.29 is 28.7 Å². The van der Waals surface area contributed by atoms with E-state index in [0.29, 0.717) is 36.9 Å². The Labute approximate surface area is 337 Å². The first-order chi connectivity index (χ1) is 28.0. The van der Waals surface area contributed by atoms with E-state index in [9.17, 15) is 19.2 Å². The van der Waals surface area contributed by atoms with Crippen LogP contribution in [0.4, 0.5) is 9.59 Å². The Morgan fingerprint density at radius 2 is 1.55 bits per heavy atom. The second kappa shape index (κ2) is 18.7. The molecule has 1 aliphatic heterocycles. The van der Waals surface area contributed by atoms with Crippen LogP contribution in [0.15, 0.2) is 61.1 Å². The topological polar surface area (TPSA) is 200 Å². The van der Waals surface area contributed by atoms with Gasteiger partial charge in [-0.2, -0.15) is 0 Å². The van der Waals surface area contributed by atoms with Crippen LogP contribution in [-0.2, 0) is 25.6 Å². The van der Waals surface area contributed by atoms with Gasteiger partial charge >= 0.3 is 12.2 Å². The fraction of sp³-hybridized carbons (Fsp3) is 0.429. The fourth-order valence-electron chi connectivity index (χ4n) is 7.14. The minimum atomic E-state index is -0.725. The first-order valence-corrected chi connectivity index (χ1v) is 19.8. The maximum Gasteiger partial charge on any atom is 0.407 e. The van der Waals surface area contributed by atoms with E-state index in [2.05, 4.69) is 32.5 Å². The summed E-state index contributed by atoms with van der Waals surface area (Å²) < 4.78 is 9.47. The molecule has 1 saturated heterocycles. The lowest BCUT2D eigenvalue weighted by molar-refractivity contribution is -0.135. The van der Waals surface area contributed by atoms with E-state index in [1.165, 1.54) is 14.2 Å². The summed E-state index contributed by atoms with van der Waals surface area (Å²) >= 11 is 0. The van der Waals surface area contributed by atoms with Crippen molar-refractivity contribution in [2.24, 2.45) is 5.92 Å². The molecule has 0 saturated carbocycles. The van der Waals surface area contributed by atoms with Crippen molar-refractivity contribution in [1.29, 1.82) is 0 Å². The number of benzene rings is 2. The molecule has 1 fully saturated rings. The summed E-state index contributed by atoms with van der Waals surface area (Å²) in [5, 5.41) is 5.32. The van der Waals surface area contributed by atoms with Crippen LogP contribution in [-0.4, -0.2) is 103 Å². The van der Waals surface area contributed by atoms with Gasteiger partial charge in [-0.15, -0.1) is 0 Å². The van der Waals surface area contributed by atoms with Crippen LogP contribution in [0.1, 0.15) is 77.5 Å². The van der Waals surface area contributed by atoms with Gasteiger partial charge in [0, 0.05) is 24.2 Å². The number of nitrogens with one attached hydrogen (secondary N) is 4. The van der Waals surface area contributed by atoms with Crippen LogP contribution in [0.5, 0.6) is 0 Å². The van der Waals surface area contributed by atoms with Crippen molar-refractivity contribution in [3.05, 3.63) is 72.7 Å². The van der Waals surface area contributed by atoms with E-state index in [1.807, 2.05) is 63.2 Å². The molecule has 6 rings (SSSR count). The number of ether oxygens (including phenoxy) is 2. The van der Waals surface area contributed by atoms with E-state index in [0.717, 1.165) is 64.8 Å². The highest BCUT2D eigenvalue weighted by molar-refractivity contribution is 5.87. The number of nitrogens with zero attached hydrogens (tertiary/aromatic N) is 6. The zero-order valence-electron chi connectivity index (χ0n) is 33.9. The van der Waals surface area contributed by atoms with Crippen LogP contribution >= 0.6 is 0 Å². The number of hydrogen-bond donors (Lipinski definition) is 4. The lowest BCUT2D eigenvalue weighted by Gasteiger charge is -2.29. The highest BCUT2D eigenvalue weighted by atomic mass is 16.5. The molecular weight excluding hydrogens is 741 g/mol. The molecule has 0 bridgehead atoms. The Kier molecular flexibility index (Phi) is 13.4. The van der Waals surface area contributed by atoms with Gasteiger partial charge < -0.3 is 39.9 Å². The molecule has 4 amide bonds. The molecule has 16 heteroatoms. The van der Waals surface area contributed by atoms with Gasteiger partial charge in [0.15, 0.2) is 0 Å². The van der Waals surface area contributed by atoms with Gasteiger partial charge in [0.05, 0.1) is 73.5 Å². The molecule has 4 N–H and O–H groups in total. The maximum absolute atomic E-state index is 13.6. The summed E-state index contributed by atoms with van der Waals surface area (Å²) in [6.07, 6.45) is 7.78. The van der Waals surface area contributed by atoms with Gasteiger partial charge in [-0.05, 0) is 49.3 Å². The molecule has 2 aromatic carbocycles. The molecule has 0 radical (unpaired) electrons. The van der Waals surface area contributed by atoms with E-state index in [-0.39, 0.29) is 30.3 Å². The van der Waals surface area contributed by atoms with E-state index >= 15 is 0 Å². The molecule has 0 unspecified atom stereocenters. The SMILES string of the molecule is CCCCN(Cc1nc2ccc(-c3cnc(-c4ccc(-c5cnc([C@@H]6CCCN6C(=O)[C@H](CC)NC(=O)OC)[nH]5)cc4)cn3)cc2[nH]1)C(=O)[C@@H](NC(=O)OC)C(C)C. The number of imidazole rings is 2. The summed E-state index contributed by atoms with van der Waals surface area (Å²) in [7, 11) is 2.56. The zero-order chi connectivity index (χ0) is 41.3. The standard InChI is InChI=1S/C42H52N10O6/c1-7-9-18-51(40(54)37(25(3)4)50-42(56)58-6)24-36-46-30-17-16-28(20-31(30)47-36)33-22-43-32(21-44-33)26-12-14-27(15-13-26)34-23-45-38(48-34)35-11-10-19-52(35)39(53)29(8-2)49-41(55)57-5/h12-17,20-23,25,29,35,37H,7-11,18-19,24H2,1-6H3,(H,45,48)(H,46,47)(H,49,55)(H,50,56)/t29-,35-,37-/m0/s1. The number of H-pyrrole nitrogens is 2. The normalized spacial score (nSPS) is 14.9. The summed E-state index contributed by atoms with van der Waals surface area (Å²) in [4.78, 5) is 79.9. The Balaban J connectivity index is 1.12. The van der Waals surface area contributed by atoms with Crippen LogP contribution in [0, 0.1) is 5.92 Å². The van der Waals surface area contributed by atoms with Gasteiger partial charge in [0.2, 0.25) is 11.8 Å². The van der Waals surface area contributed by atoms with Gasteiger partial charge in [0.25, 0.3) is 0 Å². The van der Waals surface area contributed by atoms with Crippen molar-refractivity contribution in [2.75, 3.05) is 27.3 Å². The van der Waals surface area contributed by atoms with E-state index in [4.69, 9.17) is 24.4 Å². The third-order valence-electron chi connectivity index (χ3n) is 10.4. The number of methoxy groups -OCH3 is 2. The van der Waals surface area contributed by atoms with Gasteiger partial charge in [-0.1, -0.05) is 64.4 Å². The van der Waals surface area contributed by atoms with Gasteiger partial charge in [0.1, 0.15) is 23.7 Å². The van der Waals surface area contributed by atoms with Crippen molar-refractivity contribution >= 4 is 35.0 Å². The minimum Gasteiger partial charge on any atom is -0.453 e. The first-order valence-electron chi connectivity index (χ1n) is 19.8. The number of rotatable bonds is 15. The molecule has 3 atom stereocenters. The molecule has 1 aliphatic rings. The Morgan fingerprint density at radius 3 is 2.21 bits per heavy atom. The number of hydrogen-bond acceptors (Lipinski definition) is 10. The maximum atomic E-state index is 13.6.